The van der Waals surface area contributed by atoms with Crippen molar-refractivity contribution in [2.75, 3.05) is 7.11 Å². The molecule has 19 heavy (non-hydrogen) atoms. The molecule has 3 nitrogen and oxygen atoms in total. The second-order valence-corrected chi connectivity index (χ2v) is 5.25. The first-order valence-electron chi connectivity index (χ1n) is 5.63. The first-order chi connectivity index (χ1) is 9.08. The van der Waals surface area contributed by atoms with E-state index in [1.165, 1.54) is 7.11 Å². The number of hydrogen-bond acceptors (Lipinski definition) is 3. The lowest BCUT2D eigenvalue weighted by atomic mass is 10.1. The molecule has 0 aromatic heterocycles. The summed E-state index contributed by atoms with van der Waals surface area (Å²) in [7, 11) is 1.51. The highest BCUT2D eigenvalue weighted by Crippen LogP contribution is 2.27. The normalized spacial score (nSPS) is 10.8. The largest absolute Gasteiger partial charge is 0.508 e. The van der Waals surface area contributed by atoms with Crippen molar-refractivity contribution in [3.05, 3.63) is 51.1 Å². The number of aromatic hydroxyl groups is 2. The van der Waals surface area contributed by atoms with E-state index in [0.717, 1.165) is 14.7 Å². The van der Waals surface area contributed by atoms with Crippen LogP contribution in [0.3, 0.4) is 0 Å². The molecule has 0 heterocycles. The van der Waals surface area contributed by atoms with Gasteiger partial charge in [-0.3, -0.25) is 0 Å². The topological polar surface area (TPSA) is 49.7 Å². The van der Waals surface area contributed by atoms with Crippen molar-refractivity contribution in [2.45, 2.75) is 0 Å². The Hall–Kier alpha value is -1.69. The van der Waals surface area contributed by atoms with Crippen molar-refractivity contribution < 1.29 is 14.9 Å². The molecular formula is C15H13IO3. The number of methoxy groups -OCH3 is 1. The van der Waals surface area contributed by atoms with Crippen LogP contribution in [-0.4, -0.2) is 17.3 Å². The van der Waals surface area contributed by atoms with Gasteiger partial charge < -0.3 is 14.9 Å². The summed E-state index contributed by atoms with van der Waals surface area (Å²) in [4.78, 5) is 0. The monoisotopic (exact) mass is 368 g/mol. The van der Waals surface area contributed by atoms with Crippen LogP contribution in [0, 0.1) is 3.57 Å². The van der Waals surface area contributed by atoms with Crippen LogP contribution in [0.4, 0.5) is 0 Å². The number of ether oxygens (including phenoxy) is 1. The van der Waals surface area contributed by atoms with Crippen molar-refractivity contribution in [2.24, 2.45) is 0 Å². The maximum atomic E-state index is 9.52. The van der Waals surface area contributed by atoms with Gasteiger partial charge in [-0.2, -0.15) is 0 Å². The van der Waals surface area contributed by atoms with E-state index in [1.807, 2.05) is 18.2 Å². The Balaban J connectivity index is 2.27. The lowest BCUT2D eigenvalue weighted by Gasteiger charge is -2.03. The maximum Gasteiger partial charge on any atom is 0.161 e. The summed E-state index contributed by atoms with van der Waals surface area (Å²) in [5.41, 5.74) is 1.82. The third-order valence-electron chi connectivity index (χ3n) is 2.58. The Morgan fingerprint density at radius 3 is 2.42 bits per heavy atom. The Labute approximate surface area is 125 Å². The van der Waals surface area contributed by atoms with Crippen molar-refractivity contribution in [3.8, 4) is 17.2 Å². The standard InChI is InChI=1S/C15H13IO3/c1-19-15-8-10(4-5-14(15)18)2-3-11-6-12(16)9-13(17)7-11/h2-9,17-18H,1H3/b3-2+. The molecule has 98 valence electrons. The second-order valence-electron chi connectivity index (χ2n) is 4.01. The van der Waals surface area contributed by atoms with Gasteiger partial charge in [0.15, 0.2) is 11.5 Å². The molecule has 2 aromatic carbocycles. The van der Waals surface area contributed by atoms with Crippen LogP contribution in [-0.2, 0) is 0 Å². The highest BCUT2D eigenvalue weighted by Gasteiger charge is 2.00. The van der Waals surface area contributed by atoms with Gasteiger partial charge in [0.05, 0.1) is 7.11 Å². The summed E-state index contributed by atoms with van der Waals surface area (Å²) in [6, 6.07) is 10.5. The zero-order chi connectivity index (χ0) is 13.8. The molecule has 0 fully saturated rings. The van der Waals surface area contributed by atoms with Gasteiger partial charge >= 0.3 is 0 Å². The summed E-state index contributed by atoms with van der Waals surface area (Å²) in [6.07, 6.45) is 3.79. The summed E-state index contributed by atoms with van der Waals surface area (Å²) >= 11 is 2.15. The lowest BCUT2D eigenvalue weighted by molar-refractivity contribution is 0.373. The van der Waals surface area contributed by atoms with Gasteiger partial charge in [0, 0.05) is 3.57 Å². The van der Waals surface area contributed by atoms with Gasteiger partial charge in [-0.15, -0.1) is 0 Å². The van der Waals surface area contributed by atoms with E-state index in [9.17, 15) is 10.2 Å². The number of phenols is 2. The number of hydrogen-bond donors (Lipinski definition) is 2. The predicted octanol–water partition coefficient (Wildman–Crippen LogP) is 3.88. The molecule has 0 bridgehead atoms. The van der Waals surface area contributed by atoms with Crippen LogP contribution in [0.1, 0.15) is 11.1 Å². The summed E-state index contributed by atoms with van der Waals surface area (Å²) < 4.78 is 6.02. The molecule has 0 aliphatic rings. The van der Waals surface area contributed by atoms with Crippen LogP contribution in [0.5, 0.6) is 17.2 Å². The minimum absolute atomic E-state index is 0.117. The van der Waals surface area contributed by atoms with Crippen LogP contribution in [0.15, 0.2) is 36.4 Å². The number of rotatable bonds is 3. The molecular weight excluding hydrogens is 355 g/mol. The SMILES string of the molecule is COc1cc(/C=C/c2cc(O)cc(I)c2)ccc1O. The highest BCUT2D eigenvalue weighted by molar-refractivity contribution is 14.1. The fraction of sp³-hybridized carbons (Fsp3) is 0.0667. The van der Waals surface area contributed by atoms with Gasteiger partial charge in [-0.1, -0.05) is 18.2 Å². The fourth-order valence-corrected chi connectivity index (χ4v) is 2.36. The Morgan fingerprint density at radius 1 is 1.00 bits per heavy atom. The van der Waals surface area contributed by atoms with E-state index < -0.39 is 0 Å². The molecule has 2 aromatic rings. The van der Waals surface area contributed by atoms with Gasteiger partial charge in [-0.05, 0) is 64.0 Å². The molecule has 2 N–H and O–H groups in total. The first kappa shape index (κ1) is 13.7. The molecule has 0 atom stereocenters. The molecule has 0 aliphatic carbocycles. The van der Waals surface area contributed by atoms with Crippen molar-refractivity contribution >= 4 is 34.7 Å². The molecule has 0 saturated heterocycles. The minimum Gasteiger partial charge on any atom is -0.508 e. The van der Waals surface area contributed by atoms with Gasteiger partial charge in [0.25, 0.3) is 0 Å². The molecule has 0 amide bonds. The zero-order valence-corrected chi connectivity index (χ0v) is 12.5. The molecule has 0 radical (unpaired) electrons. The molecule has 0 spiro atoms. The molecule has 0 saturated carbocycles. The van der Waals surface area contributed by atoms with E-state index in [2.05, 4.69) is 22.6 Å². The van der Waals surface area contributed by atoms with Crippen LogP contribution >= 0.6 is 22.6 Å². The fourth-order valence-electron chi connectivity index (χ4n) is 1.68. The minimum atomic E-state index is 0.117. The van der Waals surface area contributed by atoms with E-state index in [0.29, 0.717) is 5.75 Å². The van der Waals surface area contributed by atoms with E-state index in [1.54, 1.807) is 30.3 Å². The lowest BCUT2D eigenvalue weighted by Crippen LogP contribution is -1.84. The van der Waals surface area contributed by atoms with E-state index in [4.69, 9.17) is 4.74 Å². The molecule has 2 rings (SSSR count). The first-order valence-corrected chi connectivity index (χ1v) is 6.71. The van der Waals surface area contributed by atoms with Crippen LogP contribution in [0.25, 0.3) is 12.2 Å². The van der Waals surface area contributed by atoms with Crippen molar-refractivity contribution in [3.63, 3.8) is 0 Å². The predicted molar refractivity (Wildman–Crippen MR) is 84.4 cm³/mol. The quantitative estimate of drug-likeness (QED) is 0.639. The van der Waals surface area contributed by atoms with Crippen molar-refractivity contribution in [1.82, 2.24) is 0 Å². The highest BCUT2D eigenvalue weighted by atomic mass is 127. The smallest absolute Gasteiger partial charge is 0.161 e. The van der Waals surface area contributed by atoms with Crippen LogP contribution < -0.4 is 4.74 Å². The van der Waals surface area contributed by atoms with Crippen LogP contribution in [0.2, 0.25) is 0 Å². The van der Waals surface area contributed by atoms with E-state index >= 15 is 0 Å². The maximum absolute atomic E-state index is 9.52. The zero-order valence-electron chi connectivity index (χ0n) is 10.3. The Morgan fingerprint density at radius 2 is 1.74 bits per heavy atom. The third kappa shape index (κ3) is 3.64. The molecule has 0 unspecified atom stereocenters. The van der Waals surface area contributed by atoms with Crippen molar-refractivity contribution in [1.29, 1.82) is 0 Å². The Kier molecular flexibility index (Phi) is 4.31. The number of phenolic OH excluding ortho intramolecular Hbond substituents is 2. The van der Waals surface area contributed by atoms with Gasteiger partial charge in [0.1, 0.15) is 5.75 Å². The van der Waals surface area contributed by atoms with Gasteiger partial charge in [-0.25, -0.2) is 0 Å². The average molecular weight is 368 g/mol. The molecule has 0 aliphatic heterocycles. The second kappa shape index (κ2) is 5.97. The van der Waals surface area contributed by atoms with E-state index in [-0.39, 0.29) is 11.5 Å². The summed E-state index contributed by atoms with van der Waals surface area (Å²) in [6.45, 7) is 0. The molecule has 4 heteroatoms. The Bertz CT molecular complexity index is 601. The third-order valence-corrected chi connectivity index (χ3v) is 3.20. The number of halogens is 1. The summed E-state index contributed by atoms with van der Waals surface area (Å²) in [5, 5.41) is 19.0. The number of benzene rings is 2. The van der Waals surface area contributed by atoms with Gasteiger partial charge in [0.2, 0.25) is 0 Å². The summed E-state index contributed by atoms with van der Waals surface area (Å²) in [5.74, 6) is 0.800. The average Bonchev–Trinajstić information content (AvgIpc) is 2.36.